The summed E-state index contributed by atoms with van der Waals surface area (Å²) in [4.78, 5) is 50.2. The van der Waals surface area contributed by atoms with Crippen LogP contribution < -0.4 is 10.5 Å². The molecular formula is C23H25N5O3S2. The topological polar surface area (TPSA) is 78.2 Å². The maximum Gasteiger partial charge on any atom is 0.258 e. The fourth-order valence-electron chi connectivity index (χ4n) is 4.47. The zero-order valence-electron chi connectivity index (χ0n) is 18.3. The number of rotatable bonds is 5. The Bertz CT molecular complexity index is 1230. The van der Waals surface area contributed by atoms with E-state index in [2.05, 4.69) is 9.88 Å². The van der Waals surface area contributed by atoms with E-state index in [4.69, 9.17) is 0 Å². The number of anilines is 1. The van der Waals surface area contributed by atoms with E-state index in [1.165, 1.54) is 11.3 Å². The van der Waals surface area contributed by atoms with Gasteiger partial charge in [-0.05, 0) is 30.5 Å². The molecule has 2 saturated heterocycles. The molecule has 1 unspecified atom stereocenters. The second-order valence-corrected chi connectivity index (χ2v) is 10.1. The molecule has 2 fully saturated rings. The van der Waals surface area contributed by atoms with Crippen LogP contribution in [0.25, 0.3) is 4.96 Å². The first kappa shape index (κ1) is 22.1. The molecule has 172 valence electrons. The minimum absolute atomic E-state index is 0.00483. The molecule has 8 nitrogen and oxygen atoms in total. The van der Waals surface area contributed by atoms with Crippen molar-refractivity contribution >= 4 is 45.6 Å². The number of thioether (sulfide) groups is 1. The van der Waals surface area contributed by atoms with E-state index >= 15 is 0 Å². The quantitative estimate of drug-likeness (QED) is 0.518. The van der Waals surface area contributed by atoms with Gasteiger partial charge in [0, 0.05) is 73.9 Å². The first-order valence-corrected chi connectivity index (χ1v) is 13.0. The summed E-state index contributed by atoms with van der Waals surface area (Å²) in [5.41, 5.74) is 1.54. The lowest BCUT2D eigenvalue weighted by Gasteiger charge is -2.35. The molecule has 0 bridgehead atoms. The van der Waals surface area contributed by atoms with Crippen LogP contribution in [-0.2, 0) is 16.1 Å². The molecule has 1 aromatic carbocycles. The van der Waals surface area contributed by atoms with Crippen LogP contribution >= 0.6 is 23.1 Å². The van der Waals surface area contributed by atoms with Gasteiger partial charge in [0.2, 0.25) is 11.8 Å². The molecule has 0 N–H and O–H groups in total. The first-order valence-electron chi connectivity index (χ1n) is 10.9. The third kappa shape index (κ3) is 4.55. The Labute approximate surface area is 199 Å². The van der Waals surface area contributed by atoms with Crippen LogP contribution in [0.1, 0.15) is 12.1 Å². The fourth-order valence-corrected chi connectivity index (χ4v) is 5.61. The lowest BCUT2D eigenvalue weighted by Crippen LogP contribution is -2.50. The standard InChI is InChI=1S/C23H25N5O3S2/c1-32-19-4-2-18(3-5-19)28-14-16(12-20(28)29)22(31)26-8-6-25(7-9-26)15-17-13-21(30)27-10-11-33-23(27)24-17/h2-5,10-11,13,16H,6-9,12,14-15H2,1H3. The largest absolute Gasteiger partial charge is 0.340 e. The maximum atomic E-state index is 13.1. The highest BCUT2D eigenvalue weighted by Gasteiger charge is 2.38. The number of fused-ring (bicyclic) bond motifs is 1. The molecule has 2 aromatic heterocycles. The van der Waals surface area contributed by atoms with E-state index in [9.17, 15) is 14.4 Å². The molecule has 2 amide bonds. The summed E-state index contributed by atoms with van der Waals surface area (Å²) >= 11 is 3.10. The SMILES string of the molecule is CSc1ccc(N2CC(C(=O)N3CCN(Cc4cc(=O)n5ccsc5n4)CC3)CC2=O)cc1. The van der Waals surface area contributed by atoms with Gasteiger partial charge in [0.15, 0.2) is 4.96 Å². The van der Waals surface area contributed by atoms with Crippen LogP contribution in [0, 0.1) is 5.92 Å². The summed E-state index contributed by atoms with van der Waals surface area (Å²) in [6.07, 6.45) is 4.01. The van der Waals surface area contributed by atoms with Gasteiger partial charge in [0.1, 0.15) is 0 Å². The van der Waals surface area contributed by atoms with Gasteiger partial charge in [-0.15, -0.1) is 23.1 Å². The Morgan fingerprint density at radius 3 is 2.64 bits per heavy atom. The molecule has 10 heteroatoms. The predicted molar refractivity (Wildman–Crippen MR) is 130 cm³/mol. The highest BCUT2D eigenvalue weighted by molar-refractivity contribution is 7.98. The number of aromatic nitrogens is 2. The van der Waals surface area contributed by atoms with Crippen molar-refractivity contribution in [3.63, 3.8) is 0 Å². The number of amides is 2. The van der Waals surface area contributed by atoms with Crippen LogP contribution in [0.15, 0.2) is 51.6 Å². The minimum atomic E-state index is -0.299. The number of carbonyl (C=O) groups excluding carboxylic acids is 2. The molecule has 0 aliphatic carbocycles. The van der Waals surface area contributed by atoms with Gasteiger partial charge in [-0.2, -0.15) is 0 Å². The van der Waals surface area contributed by atoms with E-state index in [1.807, 2.05) is 40.8 Å². The van der Waals surface area contributed by atoms with E-state index in [1.54, 1.807) is 33.3 Å². The number of piperazine rings is 1. The molecule has 5 rings (SSSR count). The summed E-state index contributed by atoms with van der Waals surface area (Å²) in [6.45, 7) is 3.70. The molecule has 2 aliphatic heterocycles. The molecule has 0 saturated carbocycles. The van der Waals surface area contributed by atoms with Gasteiger partial charge in [-0.1, -0.05) is 0 Å². The van der Waals surface area contributed by atoms with Crippen molar-refractivity contribution in [1.82, 2.24) is 19.2 Å². The number of hydrogen-bond donors (Lipinski definition) is 0. The molecule has 0 radical (unpaired) electrons. The monoisotopic (exact) mass is 483 g/mol. The molecule has 3 aromatic rings. The molecule has 4 heterocycles. The minimum Gasteiger partial charge on any atom is -0.340 e. The van der Waals surface area contributed by atoms with Gasteiger partial charge in [0.25, 0.3) is 5.56 Å². The summed E-state index contributed by atoms with van der Waals surface area (Å²) in [7, 11) is 0. The molecule has 2 aliphatic rings. The van der Waals surface area contributed by atoms with E-state index in [0.29, 0.717) is 31.1 Å². The van der Waals surface area contributed by atoms with E-state index < -0.39 is 0 Å². The van der Waals surface area contributed by atoms with Crippen LogP contribution in [0.4, 0.5) is 5.69 Å². The zero-order valence-corrected chi connectivity index (χ0v) is 20.0. The Morgan fingerprint density at radius 2 is 1.91 bits per heavy atom. The average Bonchev–Trinajstić information content (AvgIpc) is 3.46. The van der Waals surface area contributed by atoms with Crippen LogP contribution in [-0.4, -0.2) is 70.0 Å². The Hall–Kier alpha value is -2.69. The van der Waals surface area contributed by atoms with E-state index in [0.717, 1.165) is 29.4 Å². The lowest BCUT2D eigenvalue weighted by molar-refractivity contribution is -0.137. The normalized spacial score (nSPS) is 19.5. The van der Waals surface area contributed by atoms with Crippen molar-refractivity contribution < 1.29 is 9.59 Å². The number of carbonyl (C=O) groups is 2. The number of hydrogen-bond acceptors (Lipinski definition) is 7. The highest BCUT2D eigenvalue weighted by Crippen LogP contribution is 2.28. The van der Waals surface area contributed by atoms with Crippen molar-refractivity contribution in [3.8, 4) is 0 Å². The van der Waals surface area contributed by atoms with E-state index in [-0.39, 0.29) is 29.7 Å². The predicted octanol–water partition coefficient (Wildman–Crippen LogP) is 2.18. The number of benzene rings is 1. The van der Waals surface area contributed by atoms with Gasteiger partial charge in [-0.25, -0.2) is 4.98 Å². The summed E-state index contributed by atoms with van der Waals surface area (Å²) < 4.78 is 1.55. The van der Waals surface area contributed by atoms with Crippen molar-refractivity contribution in [2.45, 2.75) is 17.9 Å². The van der Waals surface area contributed by atoms with Gasteiger partial charge >= 0.3 is 0 Å². The zero-order chi connectivity index (χ0) is 22.9. The maximum absolute atomic E-state index is 13.1. The van der Waals surface area contributed by atoms with Crippen LogP contribution in [0.2, 0.25) is 0 Å². The van der Waals surface area contributed by atoms with Gasteiger partial charge in [0.05, 0.1) is 11.6 Å². The smallest absolute Gasteiger partial charge is 0.258 e. The van der Waals surface area contributed by atoms with Crippen molar-refractivity contribution in [2.24, 2.45) is 5.92 Å². The molecule has 0 spiro atoms. The summed E-state index contributed by atoms with van der Waals surface area (Å²) in [5.74, 6) is -0.236. The number of thiazole rings is 1. The fraction of sp³-hybridized carbons (Fsp3) is 0.391. The third-order valence-corrected chi connectivity index (χ3v) is 7.78. The lowest BCUT2D eigenvalue weighted by atomic mass is 10.1. The summed E-state index contributed by atoms with van der Waals surface area (Å²) in [6, 6.07) is 9.48. The second kappa shape index (κ2) is 9.28. The second-order valence-electron chi connectivity index (χ2n) is 8.35. The van der Waals surface area contributed by atoms with Crippen molar-refractivity contribution in [2.75, 3.05) is 43.9 Å². The van der Waals surface area contributed by atoms with Crippen molar-refractivity contribution in [1.29, 1.82) is 0 Å². The average molecular weight is 484 g/mol. The summed E-state index contributed by atoms with van der Waals surface area (Å²) in [5, 5.41) is 1.85. The van der Waals surface area contributed by atoms with Gasteiger partial charge in [-0.3, -0.25) is 23.7 Å². The Morgan fingerprint density at radius 1 is 1.15 bits per heavy atom. The highest BCUT2D eigenvalue weighted by atomic mass is 32.2. The molecular weight excluding hydrogens is 458 g/mol. The third-order valence-electron chi connectivity index (χ3n) is 6.28. The van der Waals surface area contributed by atoms with Gasteiger partial charge < -0.3 is 9.80 Å². The molecule has 33 heavy (non-hydrogen) atoms. The van der Waals surface area contributed by atoms with Crippen LogP contribution in [0.5, 0.6) is 0 Å². The van der Waals surface area contributed by atoms with Crippen molar-refractivity contribution in [3.05, 3.63) is 58.0 Å². The first-order chi connectivity index (χ1) is 16.0. The number of nitrogens with zero attached hydrogens (tertiary/aromatic N) is 5. The Kier molecular flexibility index (Phi) is 6.22. The Balaban J connectivity index is 1.17. The molecule has 1 atom stereocenters. The van der Waals surface area contributed by atoms with Crippen LogP contribution in [0.3, 0.4) is 0 Å².